The molecule has 1 aliphatic heterocycles. The van der Waals surface area contributed by atoms with Gasteiger partial charge < -0.3 is 9.84 Å². The van der Waals surface area contributed by atoms with E-state index in [1.807, 2.05) is 12.2 Å². The highest BCUT2D eigenvalue weighted by atomic mass is 16.5. The maximum atomic E-state index is 9.80. The summed E-state index contributed by atoms with van der Waals surface area (Å²) in [7, 11) is 0. The third-order valence-corrected chi connectivity index (χ3v) is 2.70. The van der Waals surface area contributed by atoms with Gasteiger partial charge in [0, 0.05) is 32.2 Å². The molecular formula is C12H21NO2. The topological polar surface area (TPSA) is 32.7 Å². The summed E-state index contributed by atoms with van der Waals surface area (Å²) in [6.45, 7) is 11.3. The Kier molecular flexibility index (Phi) is 5.61. The molecule has 1 saturated heterocycles. The fourth-order valence-electron chi connectivity index (χ4n) is 1.88. The standard InChI is InChI=1S/C12H21NO2/c1-3-6-13(7-4-2)9-11-10-15-8-5-12(11)14/h3-4,11-12,14H,1-2,5-10H2. The number of hydrogen-bond donors (Lipinski definition) is 1. The van der Waals surface area contributed by atoms with Crippen LogP contribution in [0.3, 0.4) is 0 Å². The van der Waals surface area contributed by atoms with Gasteiger partial charge in [-0.2, -0.15) is 0 Å². The van der Waals surface area contributed by atoms with E-state index in [1.54, 1.807) is 0 Å². The fraction of sp³-hybridized carbons (Fsp3) is 0.667. The molecule has 0 bridgehead atoms. The van der Waals surface area contributed by atoms with Gasteiger partial charge >= 0.3 is 0 Å². The highest BCUT2D eigenvalue weighted by Gasteiger charge is 2.25. The number of aliphatic hydroxyl groups is 1. The lowest BCUT2D eigenvalue weighted by Gasteiger charge is -2.32. The van der Waals surface area contributed by atoms with Crippen molar-refractivity contribution in [2.24, 2.45) is 5.92 Å². The lowest BCUT2D eigenvalue weighted by molar-refractivity contribution is -0.0447. The van der Waals surface area contributed by atoms with Crippen LogP contribution in [0.15, 0.2) is 25.3 Å². The van der Waals surface area contributed by atoms with Gasteiger partial charge in [-0.3, -0.25) is 4.90 Å². The minimum Gasteiger partial charge on any atom is -0.393 e. The minimum atomic E-state index is -0.226. The molecule has 2 atom stereocenters. The van der Waals surface area contributed by atoms with Crippen LogP contribution in [0.2, 0.25) is 0 Å². The molecule has 2 unspecified atom stereocenters. The molecule has 0 aliphatic carbocycles. The molecule has 3 heteroatoms. The van der Waals surface area contributed by atoms with Crippen LogP contribution in [0, 0.1) is 5.92 Å². The first-order valence-electron chi connectivity index (χ1n) is 5.48. The molecule has 1 N–H and O–H groups in total. The van der Waals surface area contributed by atoms with Crippen molar-refractivity contribution in [3.63, 3.8) is 0 Å². The number of ether oxygens (including phenoxy) is 1. The predicted molar refractivity (Wildman–Crippen MR) is 61.8 cm³/mol. The number of hydrogen-bond acceptors (Lipinski definition) is 3. The van der Waals surface area contributed by atoms with E-state index in [4.69, 9.17) is 4.74 Å². The molecular weight excluding hydrogens is 190 g/mol. The molecule has 0 aromatic rings. The SMILES string of the molecule is C=CCN(CC=C)CC1COCCC1O. The molecule has 0 spiro atoms. The molecule has 3 nitrogen and oxygen atoms in total. The molecule has 0 amide bonds. The zero-order valence-corrected chi connectivity index (χ0v) is 9.27. The van der Waals surface area contributed by atoms with E-state index in [-0.39, 0.29) is 12.0 Å². The maximum Gasteiger partial charge on any atom is 0.0624 e. The van der Waals surface area contributed by atoms with Gasteiger partial charge in [-0.15, -0.1) is 13.2 Å². The summed E-state index contributed by atoms with van der Waals surface area (Å²) in [5.74, 6) is 0.221. The first kappa shape index (κ1) is 12.4. The monoisotopic (exact) mass is 211 g/mol. The largest absolute Gasteiger partial charge is 0.393 e. The van der Waals surface area contributed by atoms with Gasteiger partial charge in [0.1, 0.15) is 0 Å². The summed E-state index contributed by atoms with van der Waals surface area (Å²) >= 11 is 0. The Labute approximate surface area is 92.0 Å². The van der Waals surface area contributed by atoms with Gasteiger partial charge in [0.05, 0.1) is 12.7 Å². The van der Waals surface area contributed by atoms with Crippen LogP contribution < -0.4 is 0 Å². The Hall–Kier alpha value is -0.640. The smallest absolute Gasteiger partial charge is 0.0624 e. The number of rotatable bonds is 6. The van der Waals surface area contributed by atoms with Crippen LogP contribution in [-0.4, -0.2) is 49.0 Å². The Morgan fingerprint density at radius 2 is 2.00 bits per heavy atom. The summed E-state index contributed by atoms with van der Waals surface area (Å²) in [6.07, 6.45) is 4.27. The van der Waals surface area contributed by atoms with Crippen molar-refractivity contribution < 1.29 is 9.84 Å². The summed E-state index contributed by atoms with van der Waals surface area (Å²) in [5.41, 5.74) is 0. The molecule has 0 aromatic carbocycles. The van der Waals surface area contributed by atoms with Gasteiger partial charge in [-0.1, -0.05) is 12.2 Å². The highest BCUT2D eigenvalue weighted by molar-refractivity contribution is 4.83. The summed E-state index contributed by atoms with van der Waals surface area (Å²) < 4.78 is 5.37. The van der Waals surface area contributed by atoms with Crippen molar-refractivity contribution in [3.8, 4) is 0 Å². The van der Waals surface area contributed by atoms with Crippen LogP contribution >= 0.6 is 0 Å². The zero-order chi connectivity index (χ0) is 11.1. The predicted octanol–water partition coefficient (Wildman–Crippen LogP) is 1.06. The van der Waals surface area contributed by atoms with Crippen LogP contribution in [0.4, 0.5) is 0 Å². The van der Waals surface area contributed by atoms with Gasteiger partial charge in [-0.05, 0) is 6.42 Å². The quantitative estimate of drug-likeness (QED) is 0.667. The molecule has 0 aromatic heterocycles. The second kappa shape index (κ2) is 6.77. The zero-order valence-electron chi connectivity index (χ0n) is 9.27. The summed E-state index contributed by atoms with van der Waals surface area (Å²) in [5, 5.41) is 9.80. The second-order valence-electron chi connectivity index (χ2n) is 3.99. The summed E-state index contributed by atoms with van der Waals surface area (Å²) in [4.78, 5) is 2.21. The van der Waals surface area contributed by atoms with E-state index >= 15 is 0 Å². The van der Waals surface area contributed by atoms with Gasteiger partial charge in [0.15, 0.2) is 0 Å². The van der Waals surface area contributed by atoms with Crippen LogP contribution in [0.1, 0.15) is 6.42 Å². The van der Waals surface area contributed by atoms with Gasteiger partial charge in [0.2, 0.25) is 0 Å². The third-order valence-electron chi connectivity index (χ3n) is 2.70. The van der Waals surface area contributed by atoms with Crippen molar-refractivity contribution in [2.75, 3.05) is 32.8 Å². The van der Waals surface area contributed by atoms with E-state index in [0.29, 0.717) is 13.2 Å². The van der Waals surface area contributed by atoms with Crippen molar-refractivity contribution in [2.45, 2.75) is 12.5 Å². The van der Waals surface area contributed by atoms with E-state index in [0.717, 1.165) is 26.1 Å². The molecule has 86 valence electrons. The first-order valence-corrected chi connectivity index (χ1v) is 5.48. The highest BCUT2D eigenvalue weighted by Crippen LogP contribution is 2.15. The molecule has 1 heterocycles. The molecule has 15 heavy (non-hydrogen) atoms. The molecule has 1 aliphatic rings. The maximum absolute atomic E-state index is 9.80. The Balaban J connectivity index is 2.40. The van der Waals surface area contributed by atoms with Crippen LogP contribution in [0.5, 0.6) is 0 Å². The summed E-state index contributed by atoms with van der Waals surface area (Å²) in [6, 6.07) is 0. The van der Waals surface area contributed by atoms with Crippen molar-refractivity contribution in [1.29, 1.82) is 0 Å². The minimum absolute atomic E-state index is 0.221. The third kappa shape index (κ3) is 4.16. The molecule has 1 fully saturated rings. The Bertz CT molecular complexity index is 196. The molecule has 0 saturated carbocycles. The van der Waals surface area contributed by atoms with Crippen molar-refractivity contribution >= 4 is 0 Å². The lowest BCUT2D eigenvalue weighted by Crippen LogP contribution is -2.41. The Morgan fingerprint density at radius 3 is 2.53 bits per heavy atom. The normalized spacial score (nSPS) is 26.5. The lowest BCUT2D eigenvalue weighted by atomic mass is 9.98. The number of nitrogens with zero attached hydrogens (tertiary/aromatic N) is 1. The van der Waals surface area contributed by atoms with E-state index in [1.165, 1.54) is 0 Å². The van der Waals surface area contributed by atoms with E-state index < -0.39 is 0 Å². The van der Waals surface area contributed by atoms with Crippen molar-refractivity contribution in [3.05, 3.63) is 25.3 Å². The molecule has 1 rings (SSSR count). The van der Waals surface area contributed by atoms with Crippen LogP contribution in [-0.2, 0) is 4.74 Å². The van der Waals surface area contributed by atoms with Crippen molar-refractivity contribution in [1.82, 2.24) is 4.90 Å². The fourth-order valence-corrected chi connectivity index (χ4v) is 1.88. The van der Waals surface area contributed by atoms with Crippen LogP contribution in [0.25, 0.3) is 0 Å². The second-order valence-corrected chi connectivity index (χ2v) is 3.99. The first-order chi connectivity index (χ1) is 7.27. The van der Waals surface area contributed by atoms with Gasteiger partial charge in [0.25, 0.3) is 0 Å². The average molecular weight is 211 g/mol. The van der Waals surface area contributed by atoms with Gasteiger partial charge in [-0.25, -0.2) is 0 Å². The van der Waals surface area contributed by atoms with E-state index in [2.05, 4.69) is 18.1 Å². The molecule has 0 radical (unpaired) electrons. The number of aliphatic hydroxyl groups excluding tert-OH is 1. The van der Waals surface area contributed by atoms with E-state index in [9.17, 15) is 5.11 Å². The Morgan fingerprint density at radius 1 is 1.33 bits per heavy atom. The average Bonchev–Trinajstić information content (AvgIpc) is 2.22.